The fraction of sp³-hybridized carbons (Fsp3) is 0.227. The molecule has 0 N–H and O–H groups in total. The van der Waals surface area contributed by atoms with Crippen LogP contribution in [0.3, 0.4) is 0 Å². The van der Waals surface area contributed by atoms with Gasteiger partial charge in [-0.3, -0.25) is 14.5 Å². The summed E-state index contributed by atoms with van der Waals surface area (Å²) in [5, 5.41) is 5.39. The van der Waals surface area contributed by atoms with Crippen LogP contribution in [0, 0.1) is 0 Å². The lowest BCUT2D eigenvalue weighted by Gasteiger charge is -2.15. The molecule has 3 aromatic heterocycles. The summed E-state index contributed by atoms with van der Waals surface area (Å²) in [5.41, 5.74) is 3.31. The second-order valence-electron chi connectivity index (χ2n) is 6.83. The summed E-state index contributed by atoms with van der Waals surface area (Å²) in [6.07, 6.45) is 5.40. The summed E-state index contributed by atoms with van der Waals surface area (Å²) in [7, 11) is 4.94. The minimum absolute atomic E-state index is 0.148. The van der Waals surface area contributed by atoms with Crippen molar-refractivity contribution in [3.63, 3.8) is 0 Å². The first-order valence-electron chi connectivity index (χ1n) is 9.41. The maximum Gasteiger partial charge on any atom is 0.258 e. The largest absolute Gasteiger partial charge is 0.497 e. The number of pyridine rings is 2. The fourth-order valence-corrected chi connectivity index (χ4v) is 3.81. The number of methoxy groups -OCH3 is 2. The van der Waals surface area contributed by atoms with Crippen LogP contribution < -0.4 is 15.0 Å². The van der Waals surface area contributed by atoms with E-state index in [4.69, 9.17) is 21.1 Å². The van der Waals surface area contributed by atoms with Crippen LogP contribution in [0.4, 0.5) is 0 Å². The van der Waals surface area contributed by atoms with Gasteiger partial charge in [0.05, 0.1) is 36.6 Å². The van der Waals surface area contributed by atoms with E-state index >= 15 is 0 Å². The summed E-state index contributed by atoms with van der Waals surface area (Å²) in [4.78, 5) is 18.0. The number of fused-ring (bicyclic) bond motifs is 1. The molecule has 4 aromatic rings. The van der Waals surface area contributed by atoms with Gasteiger partial charge in [0.15, 0.2) is 0 Å². The molecule has 0 aliphatic carbocycles. The molecule has 30 heavy (non-hydrogen) atoms. The zero-order valence-corrected chi connectivity index (χ0v) is 17.9. The third-order valence-corrected chi connectivity index (χ3v) is 5.44. The van der Waals surface area contributed by atoms with Crippen LogP contribution in [0.5, 0.6) is 11.5 Å². The van der Waals surface area contributed by atoms with E-state index in [2.05, 4.69) is 10.1 Å². The van der Waals surface area contributed by atoms with E-state index in [1.807, 2.05) is 32.3 Å². The molecule has 0 spiro atoms. The van der Waals surface area contributed by atoms with Crippen molar-refractivity contribution in [1.29, 1.82) is 0 Å². The van der Waals surface area contributed by atoms with E-state index in [1.165, 1.54) is 7.11 Å². The van der Waals surface area contributed by atoms with Gasteiger partial charge in [-0.15, -0.1) is 0 Å². The first-order valence-corrected chi connectivity index (χ1v) is 9.79. The van der Waals surface area contributed by atoms with E-state index in [1.54, 1.807) is 40.9 Å². The van der Waals surface area contributed by atoms with E-state index in [-0.39, 0.29) is 5.56 Å². The normalized spacial score (nSPS) is 11.1. The average Bonchev–Trinajstić information content (AvgIpc) is 3.19. The number of nitrogens with zero attached hydrogens (tertiary/aromatic N) is 4. The fourth-order valence-electron chi connectivity index (χ4n) is 3.53. The summed E-state index contributed by atoms with van der Waals surface area (Å²) in [6.45, 7) is 2.43. The maximum atomic E-state index is 13.4. The molecule has 154 valence electrons. The van der Waals surface area contributed by atoms with Crippen LogP contribution in [-0.4, -0.2) is 33.6 Å². The second-order valence-corrected chi connectivity index (χ2v) is 7.21. The minimum atomic E-state index is -0.148. The van der Waals surface area contributed by atoms with Crippen LogP contribution in [0.15, 0.2) is 47.7 Å². The van der Waals surface area contributed by atoms with Gasteiger partial charge in [0, 0.05) is 54.1 Å². The van der Waals surface area contributed by atoms with Gasteiger partial charge in [-0.2, -0.15) is 5.10 Å². The highest BCUT2D eigenvalue weighted by molar-refractivity contribution is 6.35. The predicted octanol–water partition coefficient (Wildman–Crippen LogP) is 4.15. The van der Waals surface area contributed by atoms with Crippen LogP contribution in [0.25, 0.3) is 33.3 Å². The Morgan fingerprint density at radius 1 is 1.07 bits per heavy atom. The summed E-state index contributed by atoms with van der Waals surface area (Å²) in [5.74, 6) is 0.998. The van der Waals surface area contributed by atoms with Crippen LogP contribution >= 0.6 is 11.6 Å². The van der Waals surface area contributed by atoms with E-state index in [0.717, 1.165) is 22.2 Å². The quantitative estimate of drug-likeness (QED) is 0.481. The van der Waals surface area contributed by atoms with Gasteiger partial charge in [0.25, 0.3) is 5.56 Å². The van der Waals surface area contributed by atoms with Gasteiger partial charge < -0.3 is 14.0 Å². The number of benzene rings is 1. The molecule has 0 saturated heterocycles. The minimum Gasteiger partial charge on any atom is -0.497 e. The molecule has 0 aliphatic heterocycles. The number of aryl methyl sites for hydroxylation is 2. The van der Waals surface area contributed by atoms with Crippen LogP contribution in [-0.2, 0) is 13.6 Å². The Balaban J connectivity index is 1.98. The number of ether oxygens (including phenoxy) is 2. The van der Waals surface area contributed by atoms with E-state index in [0.29, 0.717) is 34.2 Å². The molecule has 0 fully saturated rings. The van der Waals surface area contributed by atoms with Crippen molar-refractivity contribution < 1.29 is 9.47 Å². The standard InChI is InChI=1S/C22H21ClN4O3/c1-5-27-19-9-18(14-11-25-26(2)12-14)24-10-13(19)6-17(22(27)28)16-7-15(29-3)8-20(30-4)21(16)23/h6-12H,5H2,1-4H3. The Hall–Kier alpha value is -3.32. The van der Waals surface area contributed by atoms with Crippen LogP contribution in [0.1, 0.15) is 6.92 Å². The lowest BCUT2D eigenvalue weighted by atomic mass is 10.0. The highest BCUT2D eigenvalue weighted by atomic mass is 35.5. The molecule has 0 aliphatic rings. The van der Waals surface area contributed by atoms with Crippen LogP contribution in [0.2, 0.25) is 5.02 Å². The number of hydrogen-bond acceptors (Lipinski definition) is 5. The predicted molar refractivity (Wildman–Crippen MR) is 117 cm³/mol. The molecule has 0 radical (unpaired) electrons. The van der Waals surface area contributed by atoms with E-state index in [9.17, 15) is 4.79 Å². The zero-order valence-electron chi connectivity index (χ0n) is 17.1. The summed E-state index contributed by atoms with van der Waals surface area (Å²) < 4.78 is 14.2. The molecule has 4 rings (SSSR count). The van der Waals surface area contributed by atoms with Gasteiger partial charge >= 0.3 is 0 Å². The molecule has 3 heterocycles. The lowest BCUT2D eigenvalue weighted by molar-refractivity contribution is 0.395. The van der Waals surface area contributed by atoms with Crippen molar-refractivity contribution in [3.8, 4) is 33.9 Å². The zero-order chi connectivity index (χ0) is 21.4. The molecule has 0 amide bonds. The van der Waals surface area contributed by atoms with Crippen molar-refractivity contribution in [3.05, 3.63) is 58.2 Å². The second kappa shape index (κ2) is 7.84. The molecule has 1 aromatic carbocycles. The molecule has 0 bridgehead atoms. The van der Waals surface area contributed by atoms with Crippen molar-refractivity contribution >= 4 is 22.5 Å². The van der Waals surface area contributed by atoms with Crippen molar-refractivity contribution in [2.75, 3.05) is 14.2 Å². The summed E-state index contributed by atoms with van der Waals surface area (Å²) in [6, 6.07) is 7.15. The molecule has 0 unspecified atom stereocenters. The molecule has 8 heteroatoms. The van der Waals surface area contributed by atoms with Gasteiger partial charge in [0.1, 0.15) is 11.5 Å². The Bertz CT molecular complexity index is 1310. The Labute approximate surface area is 178 Å². The van der Waals surface area contributed by atoms with Gasteiger partial charge in [-0.25, -0.2) is 0 Å². The molecule has 0 atom stereocenters. The third-order valence-electron chi connectivity index (χ3n) is 5.05. The van der Waals surface area contributed by atoms with Gasteiger partial charge in [-0.1, -0.05) is 11.6 Å². The average molecular weight is 425 g/mol. The van der Waals surface area contributed by atoms with E-state index < -0.39 is 0 Å². The Morgan fingerprint density at radius 3 is 2.50 bits per heavy atom. The highest BCUT2D eigenvalue weighted by Crippen LogP contribution is 2.38. The number of rotatable bonds is 5. The third kappa shape index (κ3) is 3.31. The first kappa shape index (κ1) is 20.0. The van der Waals surface area contributed by atoms with Gasteiger partial charge in [0.2, 0.25) is 0 Å². The smallest absolute Gasteiger partial charge is 0.258 e. The summed E-state index contributed by atoms with van der Waals surface area (Å²) >= 11 is 6.55. The topological polar surface area (TPSA) is 71.2 Å². The van der Waals surface area contributed by atoms with Crippen molar-refractivity contribution in [2.24, 2.45) is 7.05 Å². The molecular formula is C22H21ClN4O3. The molecular weight excluding hydrogens is 404 g/mol. The molecule has 7 nitrogen and oxygen atoms in total. The van der Waals surface area contributed by atoms with Crippen molar-refractivity contribution in [2.45, 2.75) is 13.5 Å². The Morgan fingerprint density at radius 2 is 1.87 bits per heavy atom. The number of aromatic nitrogens is 4. The highest BCUT2D eigenvalue weighted by Gasteiger charge is 2.18. The van der Waals surface area contributed by atoms with Crippen molar-refractivity contribution in [1.82, 2.24) is 19.3 Å². The molecule has 0 saturated carbocycles. The first-order chi connectivity index (χ1) is 14.5. The Kier molecular flexibility index (Phi) is 5.22. The number of halogens is 1. The number of hydrogen-bond donors (Lipinski definition) is 0. The van der Waals surface area contributed by atoms with Gasteiger partial charge in [-0.05, 0) is 25.1 Å². The monoisotopic (exact) mass is 424 g/mol. The maximum absolute atomic E-state index is 13.4. The SMILES string of the molecule is CCn1c(=O)c(-c2cc(OC)cc(OC)c2Cl)cc2cnc(-c3cnn(C)c3)cc21. The lowest BCUT2D eigenvalue weighted by Crippen LogP contribution is -2.21.